The molecule has 3 rings (SSSR count). The Morgan fingerprint density at radius 2 is 1.97 bits per heavy atom. The first-order valence-corrected chi connectivity index (χ1v) is 10.6. The lowest BCUT2D eigenvalue weighted by Crippen LogP contribution is -2.25. The Balaban J connectivity index is 1.99. The average Bonchev–Trinajstić information content (AvgIpc) is 2.63. The maximum Gasteiger partial charge on any atom is 0.316 e. The third-order valence-corrected chi connectivity index (χ3v) is 5.53. The summed E-state index contributed by atoms with van der Waals surface area (Å²) in [7, 11) is -0.689. The van der Waals surface area contributed by atoms with Gasteiger partial charge in [-0.2, -0.15) is 8.42 Å². The van der Waals surface area contributed by atoms with Gasteiger partial charge in [0.05, 0.1) is 4.90 Å². The van der Waals surface area contributed by atoms with E-state index >= 15 is 0 Å². The molecule has 1 aliphatic rings. The largest absolute Gasteiger partial charge is 0.460 e. The second kappa shape index (κ2) is 8.56. The molecule has 0 radical (unpaired) electrons. The predicted octanol–water partition coefficient (Wildman–Crippen LogP) is 2.31. The number of ether oxygens (including phenoxy) is 1. The number of carbonyl (C=O) groups excluding carboxylic acids is 1. The highest BCUT2D eigenvalue weighted by Gasteiger charge is 2.22. The maximum absolute atomic E-state index is 12.8. The van der Waals surface area contributed by atoms with Crippen LogP contribution >= 0.6 is 0 Å². The zero-order valence-corrected chi connectivity index (χ0v) is 17.3. The molecule has 0 saturated heterocycles. The topological polar surface area (TPSA) is 114 Å². The molecular weight excluding hydrogens is 394 g/mol. The van der Waals surface area contributed by atoms with E-state index in [4.69, 9.17) is 4.74 Å². The van der Waals surface area contributed by atoms with E-state index in [9.17, 15) is 13.2 Å². The van der Waals surface area contributed by atoms with Crippen LogP contribution in [-0.2, 0) is 14.8 Å². The molecule has 0 bridgehead atoms. The van der Waals surface area contributed by atoms with Crippen LogP contribution in [0.25, 0.3) is 11.1 Å². The fourth-order valence-electron chi connectivity index (χ4n) is 2.62. The Morgan fingerprint density at radius 3 is 2.52 bits per heavy atom. The van der Waals surface area contributed by atoms with Gasteiger partial charge in [0, 0.05) is 50.2 Å². The van der Waals surface area contributed by atoms with Gasteiger partial charge in [-0.05, 0) is 31.4 Å². The molecule has 9 nitrogen and oxygen atoms in total. The monoisotopic (exact) mass is 417 g/mol. The molecule has 1 saturated carbocycles. The smallest absolute Gasteiger partial charge is 0.316 e. The second-order valence-electron chi connectivity index (χ2n) is 6.98. The molecule has 1 heterocycles. The molecule has 1 amide bonds. The molecule has 1 N–H and O–H groups in total. The summed E-state index contributed by atoms with van der Waals surface area (Å²) < 4.78 is 35.0. The number of anilines is 1. The number of carbonyl (C=O) groups is 1. The van der Waals surface area contributed by atoms with E-state index in [-0.39, 0.29) is 22.9 Å². The molecule has 1 aromatic carbocycles. The minimum absolute atomic E-state index is 0.0573. The van der Waals surface area contributed by atoms with Crippen molar-refractivity contribution in [3.63, 3.8) is 0 Å². The summed E-state index contributed by atoms with van der Waals surface area (Å²) in [6.45, 7) is 1.35. The third-order valence-electron chi connectivity index (χ3n) is 4.26. The molecule has 0 atom stereocenters. The lowest BCUT2D eigenvalue weighted by atomic mass is 9.96. The third kappa shape index (κ3) is 5.29. The zero-order chi connectivity index (χ0) is 21.0. The summed E-state index contributed by atoms with van der Waals surface area (Å²) in [5.41, 5.74) is 1.23. The van der Waals surface area contributed by atoms with Crippen LogP contribution in [0.15, 0.2) is 39.9 Å². The number of amides is 1. The highest BCUT2D eigenvalue weighted by Crippen LogP contribution is 2.31. The normalized spacial score (nSPS) is 14.4. The van der Waals surface area contributed by atoms with E-state index in [1.54, 1.807) is 26.2 Å². The Bertz CT molecular complexity index is 1020. The number of hydrogen-bond donors (Lipinski definition) is 1. The molecule has 0 aliphatic heterocycles. The Hall–Kier alpha value is -3.01. The zero-order valence-electron chi connectivity index (χ0n) is 16.5. The maximum atomic E-state index is 12.8. The van der Waals surface area contributed by atoms with Crippen LogP contribution in [0.2, 0.25) is 0 Å². The van der Waals surface area contributed by atoms with Crippen molar-refractivity contribution in [2.45, 2.75) is 37.2 Å². The number of aromatic nitrogens is 2. The first-order valence-electron chi connectivity index (χ1n) is 9.12. The van der Waals surface area contributed by atoms with Gasteiger partial charge in [-0.15, -0.1) is 4.40 Å². The average molecular weight is 417 g/mol. The molecule has 29 heavy (non-hydrogen) atoms. The first-order chi connectivity index (χ1) is 13.7. The summed E-state index contributed by atoms with van der Waals surface area (Å²) in [4.78, 5) is 21.2. The quantitative estimate of drug-likeness (QED) is 0.543. The van der Waals surface area contributed by atoms with Gasteiger partial charge in [0.15, 0.2) is 0 Å². The van der Waals surface area contributed by atoms with Gasteiger partial charge in [0.1, 0.15) is 12.4 Å². The summed E-state index contributed by atoms with van der Waals surface area (Å²) in [5, 5.41) is 2.59. The van der Waals surface area contributed by atoms with Crippen LogP contribution in [0.1, 0.15) is 26.2 Å². The molecule has 0 spiro atoms. The first kappa shape index (κ1) is 20.7. The van der Waals surface area contributed by atoms with Crippen LogP contribution in [0.4, 0.5) is 5.69 Å². The van der Waals surface area contributed by atoms with Crippen molar-refractivity contribution in [1.82, 2.24) is 14.9 Å². The molecule has 10 heteroatoms. The van der Waals surface area contributed by atoms with Crippen molar-refractivity contribution in [3.05, 3.63) is 30.6 Å². The summed E-state index contributed by atoms with van der Waals surface area (Å²) in [6.07, 6.45) is 7.50. The number of hydrogen-bond acceptors (Lipinski definition) is 6. The van der Waals surface area contributed by atoms with Gasteiger partial charge in [-0.25, -0.2) is 9.97 Å². The predicted molar refractivity (Wildman–Crippen MR) is 109 cm³/mol. The van der Waals surface area contributed by atoms with Crippen molar-refractivity contribution in [2.24, 2.45) is 4.40 Å². The number of rotatable bonds is 7. The minimum atomic E-state index is -4.03. The van der Waals surface area contributed by atoms with Gasteiger partial charge in [-0.3, -0.25) is 4.79 Å². The van der Waals surface area contributed by atoms with Crippen LogP contribution in [0, 0.1) is 0 Å². The standard InChI is InChI=1S/C19H23N5O4S/c1-13(25)23-15-7-8-17(18(9-15)29(26,27)22-12-24(2)3)14-10-20-19(21-11-14)28-16-5-4-6-16/h7-12,16H,4-6H2,1-3H3,(H,23,25). The SMILES string of the molecule is CC(=O)Nc1ccc(-c2cnc(OC3CCC3)nc2)c(S(=O)(=O)N=CN(C)C)c1. The van der Waals surface area contributed by atoms with E-state index in [1.807, 2.05) is 0 Å². The Morgan fingerprint density at radius 1 is 1.28 bits per heavy atom. The molecule has 1 aliphatic carbocycles. The van der Waals surface area contributed by atoms with E-state index < -0.39 is 10.0 Å². The summed E-state index contributed by atoms with van der Waals surface area (Å²) in [6, 6.07) is 4.85. The number of sulfonamides is 1. The lowest BCUT2D eigenvalue weighted by Gasteiger charge is -2.24. The number of nitrogens with zero attached hydrogens (tertiary/aromatic N) is 4. The van der Waals surface area contributed by atoms with E-state index in [0.717, 1.165) is 19.3 Å². The highest BCUT2D eigenvalue weighted by molar-refractivity contribution is 7.90. The molecule has 1 aromatic heterocycles. The molecule has 0 unspecified atom stereocenters. The highest BCUT2D eigenvalue weighted by atomic mass is 32.2. The van der Waals surface area contributed by atoms with Gasteiger partial charge in [-0.1, -0.05) is 6.07 Å². The molecule has 1 fully saturated rings. The summed E-state index contributed by atoms with van der Waals surface area (Å²) >= 11 is 0. The van der Waals surface area contributed by atoms with Crippen LogP contribution in [-0.4, -0.2) is 55.7 Å². The molecule has 2 aromatic rings. The molecular formula is C19H23N5O4S. The van der Waals surface area contributed by atoms with Crippen molar-refractivity contribution in [2.75, 3.05) is 19.4 Å². The van der Waals surface area contributed by atoms with Crippen LogP contribution in [0.3, 0.4) is 0 Å². The minimum Gasteiger partial charge on any atom is -0.460 e. The van der Waals surface area contributed by atoms with Gasteiger partial charge in [0.2, 0.25) is 5.91 Å². The van der Waals surface area contributed by atoms with Gasteiger partial charge in [0.25, 0.3) is 10.0 Å². The van der Waals surface area contributed by atoms with Gasteiger partial charge < -0.3 is 15.0 Å². The Kier molecular flexibility index (Phi) is 6.12. The van der Waals surface area contributed by atoms with Crippen LogP contribution < -0.4 is 10.1 Å². The second-order valence-corrected chi connectivity index (χ2v) is 8.58. The van der Waals surface area contributed by atoms with E-state index in [1.165, 1.54) is 36.6 Å². The molecule has 154 valence electrons. The van der Waals surface area contributed by atoms with E-state index in [0.29, 0.717) is 16.8 Å². The van der Waals surface area contributed by atoms with Gasteiger partial charge >= 0.3 is 6.01 Å². The number of nitrogens with one attached hydrogen (secondary N) is 1. The van der Waals surface area contributed by atoms with Crippen molar-refractivity contribution in [3.8, 4) is 17.1 Å². The lowest BCUT2D eigenvalue weighted by molar-refractivity contribution is -0.114. The number of benzene rings is 1. The van der Waals surface area contributed by atoms with Crippen molar-refractivity contribution < 1.29 is 17.9 Å². The summed E-state index contributed by atoms with van der Waals surface area (Å²) in [5.74, 6) is -0.307. The Labute approximate surface area is 169 Å². The van der Waals surface area contributed by atoms with E-state index in [2.05, 4.69) is 19.7 Å². The fraction of sp³-hybridized carbons (Fsp3) is 0.368. The van der Waals surface area contributed by atoms with Crippen molar-refractivity contribution >= 4 is 28.0 Å². The van der Waals surface area contributed by atoms with Crippen LogP contribution in [0.5, 0.6) is 6.01 Å². The fourth-order valence-corrected chi connectivity index (χ4v) is 3.79. The van der Waals surface area contributed by atoms with Crippen molar-refractivity contribution in [1.29, 1.82) is 0 Å².